The summed E-state index contributed by atoms with van der Waals surface area (Å²) in [7, 11) is 2.05. The predicted molar refractivity (Wildman–Crippen MR) is 86.8 cm³/mol. The van der Waals surface area contributed by atoms with Crippen molar-refractivity contribution >= 4 is 23.4 Å². The van der Waals surface area contributed by atoms with E-state index in [1.807, 2.05) is 11.7 Å². The molecule has 2 saturated carbocycles. The molecule has 21 heavy (non-hydrogen) atoms. The molecule has 0 amide bonds. The van der Waals surface area contributed by atoms with E-state index in [0.29, 0.717) is 0 Å². The van der Waals surface area contributed by atoms with Gasteiger partial charge in [0, 0.05) is 13.6 Å². The van der Waals surface area contributed by atoms with Crippen molar-refractivity contribution in [2.45, 2.75) is 52.0 Å². The van der Waals surface area contributed by atoms with Crippen LogP contribution < -0.4 is 0 Å². The Labute approximate surface area is 130 Å². The number of rotatable bonds is 6. The molecule has 0 bridgehead atoms. The lowest BCUT2D eigenvalue weighted by Gasteiger charge is -2.16. The van der Waals surface area contributed by atoms with Crippen molar-refractivity contribution in [3.8, 4) is 0 Å². The van der Waals surface area contributed by atoms with Crippen LogP contribution in [0.3, 0.4) is 0 Å². The van der Waals surface area contributed by atoms with Gasteiger partial charge in [-0.2, -0.15) is 5.10 Å². The van der Waals surface area contributed by atoms with Crippen LogP contribution in [0.25, 0.3) is 11.2 Å². The standard InChI is InChI=1S/C16H24N4S/c1-3-4-13-14-15(19(2)18-13)20(16(21)17-14)9-12(10-5-6-10)11-7-8-11/h10-12H,3-9H2,1-2H3,(H,17,21). The number of hydrogen-bond donors (Lipinski definition) is 1. The Bertz CT molecular complexity index is 703. The van der Waals surface area contributed by atoms with Crippen LogP contribution in [-0.4, -0.2) is 19.3 Å². The topological polar surface area (TPSA) is 38.5 Å². The molecule has 0 aromatic carbocycles. The second-order valence-corrected chi connectivity index (χ2v) is 7.29. The highest BCUT2D eigenvalue weighted by Crippen LogP contribution is 2.50. The van der Waals surface area contributed by atoms with Crippen LogP contribution in [0.2, 0.25) is 0 Å². The first-order valence-corrected chi connectivity index (χ1v) is 8.74. The average Bonchev–Trinajstić information content (AvgIpc) is 3.34. The van der Waals surface area contributed by atoms with Gasteiger partial charge in [-0.25, -0.2) is 0 Å². The van der Waals surface area contributed by atoms with Crippen molar-refractivity contribution in [1.29, 1.82) is 0 Å². The predicted octanol–water partition coefficient (Wildman–Crippen LogP) is 3.82. The molecule has 2 aromatic rings. The molecule has 2 aromatic heterocycles. The van der Waals surface area contributed by atoms with Crippen molar-refractivity contribution in [3.63, 3.8) is 0 Å². The molecule has 4 nitrogen and oxygen atoms in total. The van der Waals surface area contributed by atoms with E-state index < -0.39 is 0 Å². The van der Waals surface area contributed by atoms with Gasteiger partial charge in [0.15, 0.2) is 10.4 Å². The molecule has 1 N–H and O–H groups in total. The fraction of sp³-hybridized carbons (Fsp3) is 0.750. The normalized spacial score (nSPS) is 19.0. The Morgan fingerprint density at radius 2 is 1.95 bits per heavy atom. The molecule has 2 aliphatic carbocycles. The summed E-state index contributed by atoms with van der Waals surface area (Å²) >= 11 is 5.61. The molecule has 0 saturated heterocycles. The molecule has 0 radical (unpaired) electrons. The lowest BCUT2D eigenvalue weighted by molar-refractivity contribution is 0.349. The highest BCUT2D eigenvalue weighted by atomic mass is 32.1. The van der Waals surface area contributed by atoms with Gasteiger partial charge in [-0.05, 0) is 62.1 Å². The zero-order valence-electron chi connectivity index (χ0n) is 12.9. The average molecular weight is 304 g/mol. The third-order valence-electron chi connectivity index (χ3n) is 5.16. The number of aromatic amines is 1. The van der Waals surface area contributed by atoms with E-state index in [4.69, 9.17) is 12.2 Å². The van der Waals surface area contributed by atoms with Crippen LogP contribution in [0.15, 0.2) is 0 Å². The van der Waals surface area contributed by atoms with Gasteiger partial charge in [0.2, 0.25) is 0 Å². The number of aryl methyl sites for hydroxylation is 2. The summed E-state index contributed by atoms with van der Waals surface area (Å²) < 4.78 is 5.21. The van der Waals surface area contributed by atoms with E-state index in [1.165, 1.54) is 31.3 Å². The Morgan fingerprint density at radius 3 is 2.52 bits per heavy atom. The maximum absolute atomic E-state index is 5.61. The van der Waals surface area contributed by atoms with E-state index in [2.05, 4.69) is 21.6 Å². The second kappa shape index (κ2) is 4.97. The third-order valence-corrected chi connectivity index (χ3v) is 5.48. The number of imidazole rings is 1. The number of nitrogens with one attached hydrogen (secondary N) is 1. The Hall–Kier alpha value is -1.10. The molecule has 2 aliphatic rings. The number of hydrogen-bond acceptors (Lipinski definition) is 2. The van der Waals surface area contributed by atoms with Crippen LogP contribution in [0.5, 0.6) is 0 Å². The molecule has 0 spiro atoms. The number of aromatic nitrogens is 4. The van der Waals surface area contributed by atoms with Crippen molar-refractivity contribution in [3.05, 3.63) is 10.5 Å². The first-order valence-electron chi connectivity index (χ1n) is 8.33. The van der Waals surface area contributed by atoms with E-state index in [-0.39, 0.29) is 0 Å². The van der Waals surface area contributed by atoms with Gasteiger partial charge in [-0.15, -0.1) is 0 Å². The second-order valence-electron chi connectivity index (χ2n) is 6.90. The van der Waals surface area contributed by atoms with Crippen molar-refractivity contribution in [1.82, 2.24) is 19.3 Å². The maximum atomic E-state index is 5.61. The van der Waals surface area contributed by atoms with Crippen molar-refractivity contribution in [2.24, 2.45) is 24.8 Å². The molecular weight excluding hydrogens is 280 g/mol. The van der Waals surface area contributed by atoms with Crippen LogP contribution in [0.4, 0.5) is 0 Å². The van der Waals surface area contributed by atoms with Gasteiger partial charge in [0.1, 0.15) is 5.52 Å². The quantitative estimate of drug-likeness (QED) is 0.824. The van der Waals surface area contributed by atoms with Gasteiger partial charge in [-0.1, -0.05) is 13.3 Å². The fourth-order valence-corrected chi connectivity index (χ4v) is 4.06. The van der Waals surface area contributed by atoms with Crippen molar-refractivity contribution in [2.75, 3.05) is 0 Å². The molecule has 4 rings (SSSR count). The summed E-state index contributed by atoms with van der Waals surface area (Å²) in [6.07, 6.45) is 7.83. The number of fused-ring (bicyclic) bond motifs is 1. The Balaban J connectivity index is 1.73. The molecule has 5 heteroatoms. The Kier molecular flexibility index (Phi) is 3.21. The molecule has 2 heterocycles. The van der Waals surface area contributed by atoms with Gasteiger partial charge < -0.3 is 9.55 Å². The van der Waals surface area contributed by atoms with Gasteiger partial charge in [0.05, 0.1) is 5.69 Å². The minimum absolute atomic E-state index is 0.834. The van der Waals surface area contributed by atoms with Gasteiger partial charge in [0.25, 0.3) is 0 Å². The smallest absolute Gasteiger partial charge is 0.179 e. The third kappa shape index (κ3) is 2.35. The van der Waals surface area contributed by atoms with Crippen LogP contribution in [0, 0.1) is 22.5 Å². The minimum atomic E-state index is 0.834. The summed E-state index contributed by atoms with van der Waals surface area (Å²) in [5.41, 5.74) is 3.51. The summed E-state index contributed by atoms with van der Waals surface area (Å²) in [6.45, 7) is 3.28. The molecule has 0 atom stereocenters. The molecule has 114 valence electrons. The molecule has 2 fully saturated rings. The van der Waals surface area contributed by atoms with E-state index in [1.54, 1.807) is 0 Å². The first kappa shape index (κ1) is 13.6. The summed E-state index contributed by atoms with van der Waals surface area (Å²) in [4.78, 5) is 3.42. The SMILES string of the molecule is CCCc1nn(C)c2c1[nH]c(=S)n2CC(C1CC1)C1CC1. The van der Waals surface area contributed by atoms with E-state index in [0.717, 1.165) is 53.1 Å². The summed E-state index contributed by atoms with van der Waals surface area (Å²) in [5.74, 6) is 2.74. The zero-order valence-corrected chi connectivity index (χ0v) is 13.7. The minimum Gasteiger partial charge on any atom is -0.328 e. The molecule has 0 unspecified atom stereocenters. The maximum Gasteiger partial charge on any atom is 0.179 e. The highest BCUT2D eigenvalue weighted by molar-refractivity contribution is 7.71. The van der Waals surface area contributed by atoms with Crippen LogP contribution in [-0.2, 0) is 20.0 Å². The number of nitrogens with zero attached hydrogens (tertiary/aromatic N) is 3. The van der Waals surface area contributed by atoms with E-state index in [9.17, 15) is 0 Å². The van der Waals surface area contributed by atoms with Crippen LogP contribution in [0.1, 0.15) is 44.7 Å². The highest BCUT2D eigenvalue weighted by Gasteiger charge is 2.41. The zero-order chi connectivity index (χ0) is 14.6. The summed E-state index contributed by atoms with van der Waals surface area (Å²) in [5, 5.41) is 4.69. The summed E-state index contributed by atoms with van der Waals surface area (Å²) in [6, 6.07) is 0. The fourth-order valence-electron chi connectivity index (χ4n) is 3.80. The lowest BCUT2D eigenvalue weighted by atomic mass is 9.98. The van der Waals surface area contributed by atoms with Crippen LogP contribution >= 0.6 is 12.2 Å². The monoisotopic (exact) mass is 304 g/mol. The largest absolute Gasteiger partial charge is 0.328 e. The number of H-pyrrole nitrogens is 1. The van der Waals surface area contributed by atoms with Gasteiger partial charge in [-0.3, -0.25) is 4.68 Å². The Morgan fingerprint density at radius 1 is 1.29 bits per heavy atom. The first-order chi connectivity index (χ1) is 10.2. The molecular formula is C16H24N4S. The van der Waals surface area contributed by atoms with E-state index >= 15 is 0 Å². The lowest BCUT2D eigenvalue weighted by Crippen LogP contribution is -2.16. The molecule has 0 aliphatic heterocycles. The van der Waals surface area contributed by atoms with Gasteiger partial charge >= 0.3 is 0 Å². The van der Waals surface area contributed by atoms with Crippen molar-refractivity contribution < 1.29 is 0 Å².